The fourth-order valence-corrected chi connectivity index (χ4v) is 4.10. The number of ether oxygens (including phenoxy) is 1. The molecule has 2 N–H and O–H groups in total. The maximum Gasteiger partial charge on any atom is 0.224 e. The molecule has 2 fully saturated rings. The Kier molecular flexibility index (Phi) is 16.2. The first-order valence-electron chi connectivity index (χ1n) is 12.2. The van der Waals surface area contributed by atoms with E-state index in [1.807, 2.05) is 36.4 Å². The van der Waals surface area contributed by atoms with Gasteiger partial charge < -0.3 is 20.0 Å². The number of benzene rings is 1. The van der Waals surface area contributed by atoms with Gasteiger partial charge in [-0.05, 0) is 42.5 Å². The highest BCUT2D eigenvalue weighted by Crippen LogP contribution is 2.22. The SMILES string of the molecule is C.C1CCC(N2CCOCC2)CC1.CC=O.O=C(Cc1ccc(CO)cc1)NCc1cccnc1.[HH]. The molecule has 1 saturated heterocycles. The number of aliphatic hydroxyl groups excluding tert-OH is 1. The molecule has 35 heavy (non-hydrogen) atoms. The van der Waals surface area contributed by atoms with E-state index < -0.39 is 0 Å². The molecular formula is C28H45N3O4. The monoisotopic (exact) mass is 487 g/mol. The predicted molar refractivity (Wildman–Crippen MR) is 142 cm³/mol. The van der Waals surface area contributed by atoms with Gasteiger partial charge in [0.05, 0.1) is 26.2 Å². The van der Waals surface area contributed by atoms with Crippen molar-refractivity contribution in [2.75, 3.05) is 26.3 Å². The molecule has 196 valence electrons. The fourth-order valence-electron chi connectivity index (χ4n) is 4.10. The van der Waals surface area contributed by atoms with Crippen molar-refractivity contribution < 1.29 is 20.9 Å². The molecule has 2 heterocycles. The summed E-state index contributed by atoms with van der Waals surface area (Å²) in [5.41, 5.74) is 2.76. The summed E-state index contributed by atoms with van der Waals surface area (Å²) in [7, 11) is 0. The predicted octanol–water partition coefficient (Wildman–Crippen LogP) is 4.17. The summed E-state index contributed by atoms with van der Waals surface area (Å²) >= 11 is 0. The average Bonchev–Trinajstić information content (AvgIpc) is 2.90. The largest absolute Gasteiger partial charge is 0.392 e. The summed E-state index contributed by atoms with van der Waals surface area (Å²) in [6.07, 6.45) is 11.7. The van der Waals surface area contributed by atoms with E-state index in [0.29, 0.717) is 13.0 Å². The van der Waals surface area contributed by atoms with E-state index in [1.54, 1.807) is 12.4 Å². The molecule has 0 bridgehead atoms. The van der Waals surface area contributed by atoms with Gasteiger partial charge >= 0.3 is 0 Å². The Hall–Kier alpha value is -2.61. The smallest absolute Gasteiger partial charge is 0.224 e. The zero-order chi connectivity index (χ0) is 24.4. The van der Waals surface area contributed by atoms with E-state index in [0.717, 1.165) is 42.2 Å². The Bertz CT molecular complexity index is 793. The van der Waals surface area contributed by atoms with Crippen LogP contribution in [0.1, 0.15) is 64.6 Å². The summed E-state index contributed by atoms with van der Waals surface area (Å²) in [6, 6.07) is 12.0. The number of hydrogen-bond donors (Lipinski definition) is 2. The van der Waals surface area contributed by atoms with Gasteiger partial charge in [0.2, 0.25) is 5.91 Å². The molecule has 2 aromatic rings. The van der Waals surface area contributed by atoms with Gasteiger partial charge in [-0.2, -0.15) is 0 Å². The third-order valence-electron chi connectivity index (χ3n) is 5.92. The van der Waals surface area contributed by atoms with Crippen LogP contribution >= 0.6 is 0 Å². The molecule has 4 rings (SSSR count). The van der Waals surface area contributed by atoms with E-state index in [1.165, 1.54) is 52.1 Å². The zero-order valence-corrected chi connectivity index (χ0v) is 20.3. The van der Waals surface area contributed by atoms with Crippen molar-refractivity contribution in [3.8, 4) is 0 Å². The Balaban J connectivity index is 0.000000623. The molecule has 2 aliphatic rings. The number of morpholine rings is 1. The van der Waals surface area contributed by atoms with Crippen molar-refractivity contribution in [1.82, 2.24) is 15.2 Å². The molecule has 7 nitrogen and oxygen atoms in total. The van der Waals surface area contributed by atoms with Crippen molar-refractivity contribution >= 4 is 12.2 Å². The molecule has 0 unspecified atom stereocenters. The standard InChI is InChI=1S/C15H16N2O2.C10H19NO.C2H4O.CH4.H2/c18-11-13-5-3-12(4-6-13)8-15(19)17-10-14-2-1-7-16-9-14;1-2-4-10(5-3-1)11-6-8-12-9-7-11;1-2-3;;/h1-7,9,18H,8,10-11H2,(H,17,19);10H,1-9H2;2H,1H3;1H4;1H. The minimum absolute atomic E-state index is 0. The van der Waals surface area contributed by atoms with Crippen molar-refractivity contribution in [1.29, 1.82) is 0 Å². The van der Waals surface area contributed by atoms with Gasteiger partial charge in [-0.15, -0.1) is 0 Å². The summed E-state index contributed by atoms with van der Waals surface area (Å²) < 4.78 is 5.35. The van der Waals surface area contributed by atoms with Gasteiger partial charge in [-0.1, -0.05) is 57.0 Å². The maximum absolute atomic E-state index is 11.8. The number of aldehydes is 1. The minimum Gasteiger partial charge on any atom is -0.392 e. The Morgan fingerprint density at radius 3 is 2.31 bits per heavy atom. The van der Waals surface area contributed by atoms with E-state index in [-0.39, 0.29) is 21.4 Å². The highest BCUT2D eigenvalue weighted by Gasteiger charge is 2.22. The molecule has 0 atom stereocenters. The van der Waals surface area contributed by atoms with Gasteiger partial charge in [-0.3, -0.25) is 14.7 Å². The van der Waals surface area contributed by atoms with Crippen LogP contribution in [0.4, 0.5) is 0 Å². The summed E-state index contributed by atoms with van der Waals surface area (Å²) in [5.74, 6) is -0.0272. The van der Waals surface area contributed by atoms with E-state index in [9.17, 15) is 4.79 Å². The Morgan fingerprint density at radius 2 is 1.74 bits per heavy atom. The van der Waals surface area contributed by atoms with Gasteiger partial charge in [0, 0.05) is 39.5 Å². The zero-order valence-electron chi connectivity index (χ0n) is 20.3. The van der Waals surface area contributed by atoms with Crippen LogP contribution in [0.15, 0.2) is 48.8 Å². The molecule has 1 aromatic carbocycles. The van der Waals surface area contributed by atoms with Gasteiger partial charge in [0.25, 0.3) is 0 Å². The highest BCUT2D eigenvalue weighted by molar-refractivity contribution is 5.78. The topological polar surface area (TPSA) is 91.8 Å². The number of pyridine rings is 1. The van der Waals surface area contributed by atoms with E-state index in [2.05, 4.69) is 15.2 Å². The van der Waals surface area contributed by atoms with Gasteiger partial charge in [0.15, 0.2) is 0 Å². The number of carbonyl (C=O) groups excluding carboxylic acids is 2. The van der Waals surface area contributed by atoms with Gasteiger partial charge in [0.1, 0.15) is 6.29 Å². The van der Waals surface area contributed by atoms with E-state index >= 15 is 0 Å². The van der Waals surface area contributed by atoms with E-state index in [4.69, 9.17) is 14.6 Å². The number of carbonyl (C=O) groups is 2. The lowest BCUT2D eigenvalue weighted by Crippen LogP contribution is -2.44. The number of rotatable bonds is 6. The first-order chi connectivity index (χ1) is 16.7. The number of aliphatic hydroxyl groups is 1. The molecule has 1 aliphatic carbocycles. The normalized spacial score (nSPS) is 15.8. The lowest BCUT2D eigenvalue weighted by molar-refractivity contribution is -0.120. The summed E-state index contributed by atoms with van der Waals surface area (Å²) in [5, 5.41) is 11.8. The average molecular weight is 488 g/mol. The molecule has 1 aliphatic heterocycles. The first-order valence-corrected chi connectivity index (χ1v) is 12.2. The third-order valence-corrected chi connectivity index (χ3v) is 5.92. The number of nitrogens with one attached hydrogen (secondary N) is 1. The summed E-state index contributed by atoms with van der Waals surface area (Å²) in [4.78, 5) is 27.2. The van der Waals surface area contributed by atoms with Crippen LogP contribution in [-0.2, 0) is 33.9 Å². The molecular weight excluding hydrogens is 442 g/mol. The number of amides is 1. The molecule has 0 spiro atoms. The molecule has 7 heteroatoms. The van der Waals surface area contributed by atoms with Crippen LogP contribution in [0.5, 0.6) is 0 Å². The van der Waals surface area contributed by atoms with Crippen LogP contribution in [0, 0.1) is 0 Å². The van der Waals surface area contributed by atoms with Crippen molar-refractivity contribution in [2.24, 2.45) is 0 Å². The number of hydrogen-bond acceptors (Lipinski definition) is 6. The Labute approximate surface area is 212 Å². The lowest BCUT2D eigenvalue weighted by Gasteiger charge is -2.36. The van der Waals surface area contributed by atoms with Crippen molar-refractivity contribution in [2.45, 2.75) is 72.1 Å². The van der Waals surface area contributed by atoms with Crippen molar-refractivity contribution in [3.05, 3.63) is 65.5 Å². The second-order valence-corrected chi connectivity index (χ2v) is 8.47. The summed E-state index contributed by atoms with van der Waals surface area (Å²) in [6.45, 7) is 6.21. The number of nitrogens with zero attached hydrogens (tertiary/aromatic N) is 2. The highest BCUT2D eigenvalue weighted by atomic mass is 16.5. The second-order valence-electron chi connectivity index (χ2n) is 8.47. The van der Waals surface area contributed by atoms with Crippen LogP contribution < -0.4 is 5.32 Å². The maximum atomic E-state index is 11.8. The first kappa shape index (κ1) is 30.4. The van der Waals surface area contributed by atoms with Crippen LogP contribution in [0.2, 0.25) is 0 Å². The third kappa shape index (κ3) is 12.6. The van der Waals surface area contributed by atoms with Crippen molar-refractivity contribution in [3.63, 3.8) is 0 Å². The minimum atomic E-state index is -0.0272. The second kappa shape index (κ2) is 18.7. The lowest BCUT2D eigenvalue weighted by atomic mass is 9.94. The Morgan fingerprint density at radius 1 is 1.11 bits per heavy atom. The molecule has 0 radical (unpaired) electrons. The quantitative estimate of drug-likeness (QED) is 0.594. The molecule has 1 amide bonds. The number of aromatic nitrogens is 1. The molecule has 1 aromatic heterocycles. The van der Waals surface area contributed by atoms with Crippen LogP contribution in [0.25, 0.3) is 0 Å². The fraction of sp³-hybridized carbons (Fsp3) is 0.536. The van der Waals surface area contributed by atoms with Crippen LogP contribution in [-0.4, -0.2) is 59.5 Å². The van der Waals surface area contributed by atoms with Gasteiger partial charge in [-0.25, -0.2) is 0 Å². The molecule has 1 saturated carbocycles. The van der Waals surface area contributed by atoms with Crippen LogP contribution in [0.3, 0.4) is 0 Å².